The summed E-state index contributed by atoms with van der Waals surface area (Å²) in [5.74, 6) is -0.112. The van der Waals surface area contributed by atoms with Crippen molar-refractivity contribution in [1.29, 1.82) is 0 Å². The lowest BCUT2D eigenvalue weighted by atomic mass is 10.1. The van der Waals surface area contributed by atoms with Crippen LogP contribution in [0.5, 0.6) is 0 Å². The first-order valence-electron chi connectivity index (χ1n) is 6.69. The van der Waals surface area contributed by atoms with Gasteiger partial charge in [0.15, 0.2) is 0 Å². The number of amides is 1. The number of thiazole rings is 1. The number of hydrogen-bond donors (Lipinski definition) is 1. The summed E-state index contributed by atoms with van der Waals surface area (Å²) in [6.45, 7) is 5.81. The van der Waals surface area contributed by atoms with Crippen molar-refractivity contribution < 1.29 is 14.3 Å². The second-order valence-electron chi connectivity index (χ2n) is 4.96. The van der Waals surface area contributed by atoms with Crippen LogP contribution in [0, 0.1) is 0 Å². The minimum absolute atomic E-state index is 0.00350. The Hall–Kier alpha value is -1.24. The van der Waals surface area contributed by atoms with Gasteiger partial charge in [0, 0.05) is 6.61 Å². The molecule has 0 aliphatic carbocycles. The van der Waals surface area contributed by atoms with Crippen LogP contribution in [-0.2, 0) is 9.47 Å². The Morgan fingerprint density at radius 2 is 2.50 bits per heavy atom. The Bertz CT molecular complexity index is 455. The number of carbonyl (C=O) groups excluding carboxylic acids is 1. The molecule has 2 heterocycles. The third-order valence-electron chi connectivity index (χ3n) is 3.07. The van der Waals surface area contributed by atoms with E-state index in [9.17, 15) is 4.79 Å². The SMILES string of the molecule is CC(C)=CCO[C@@H]1CCOC[C@@H]1NC(=O)c1cncs1. The maximum absolute atomic E-state index is 12.0. The fourth-order valence-electron chi connectivity index (χ4n) is 1.96. The molecule has 20 heavy (non-hydrogen) atoms. The van der Waals surface area contributed by atoms with Crippen LogP contribution in [0.2, 0.25) is 0 Å². The number of nitrogens with one attached hydrogen (secondary N) is 1. The zero-order chi connectivity index (χ0) is 14.4. The predicted octanol–water partition coefficient (Wildman–Crippen LogP) is 2.01. The second kappa shape index (κ2) is 7.52. The van der Waals surface area contributed by atoms with E-state index in [0.717, 1.165) is 6.42 Å². The van der Waals surface area contributed by atoms with E-state index < -0.39 is 0 Å². The van der Waals surface area contributed by atoms with Crippen LogP contribution in [0.15, 0.2) is 23.4 Å². The average molecular weight is 296 g/mol. The molecule has 0 unspecified atom stereocenters. The molecule has 1 aliphatic heterocycles. The molecule has 6 heteroatoms. The zero-order valence-corrected chi connectivity index (χ0v) is 12.6. The van der Waals surface area contributed by atoms with Crippen LogP contribution in [0.4, 0.5) is 0 Å². The number of aromatic nitrogens is 1. The van der Waals surface area contributed by atoms with Gasteiger partial charge < -0.3 is 14.8 Å². The number of nitrogens with zero attached hydrogens (tertiary/aromatic N) is 1. The topological polar surface area (TPSA) is 60.5 Å². The van der Waals surface area contributed by atoms with Gasteiger partial charge in [0.1, 0.15) is 4.88 Å². The molecule has 2 atom stereocenters. The minimum atomic E-state index is -0.112. The smallest absolute Gasteiger partial charge is 0.263 e. The molecular weight excluding hydrogens is 276 g/mol. The molecular formula is C14H20N2O3S. The summed E-state index contributed by atoms with van der Waals surface area (Å²) in [6, 6.07) is -0.107. The van der Waals surface area contributed by atoms with E-state index in [-0.39, 0.29) is 18.1 Å². The fraction of sp³-hybridized carbons (Fsp3) is 0.571. The Kier molecular flexibility index (Phi) is 5.70. The molecule has 1 saturated heterocycles. The number of carbonyl (C=O) groups is 1. The van der Waals surface area contributed by atoms with Crippen LogP contribution < -0.4 is 5.32 Å². The number of hydrogen-bond acceptors (Lipinski definition) is 5. The normalized spacial score (nSPS) is 22.3. The van der Waals surface area contributed by atoms with Gasteiger partial charge in [-0.25, -0.2) is 0 Å². The van der Waals surface area contributed by atoms with Crippen molar-refractivity contribution in [3.63, 3.8) is 0 Å². The molecule has 1 aromatic rings. The first kappa shape index (κ1) is 15.2. The molecule has 1 amide bonds. The van der Waals surface area contributed by atoms with Crippen LogP contribution in [0.1, 0.15) is 29.9 Å². The van der Waals surface area contributed by atoms with Crippen LogP contribution in [0.3, 0.4) is 0 Å². The second-order valence-corrected chi connectivity index (χ2v) is 5.85. The third-order valence-corrected chi connectivity index (χ3v) is 3.84. The van der Waals surface area contributed by atoms with E-state index in [1.165, 1.54) is 16.9 Å². The predicted molar refractivity (Wildman–Crippen MR) is 78.0 cm³/mol. The van der Waals surface area contributed by atoms with Crippen molar-refractivity contribution in [1.82, 2.24) is 10.3 Å². The lowest BCUT2D eigenvalue weighted by molar-refractivity contribution is -0.0457. The van der Waals surface area contributed by atoms with Crippen molar-refractivity contribution in [2.75, 3.05) is 19.8 Å². The van der Waals surface area contributed by atoms with Gasteiger partial charge in [0.2, 0.25) is 0 Å². The molecule has 0 spiro atoms. The quantitative estimate of drug-likeness (QED) is 0.844. The van der Waals surface area contributed by atoms with Crippen molar-refractivity contribution >= 4 is 17.2 Å². The minimum Gasteiger partial charge on any atom is -0.379 e. The van der Waals surface area contributed by atoms with Crippen LogP contribution in [0.25, 0.3) is 0 Å². The van der Waals surface area contributed by atoms with E-state index in [0.29, 0.717) is 24.7 Å². The standard InChI is InChI=1S/C14H20N2O3S/c1-10(2)3-6-19-12-4-5-18-8-11(12)16-14(17)13-7-15-9-20-13/h3,7,9,11-12H,4-6,8H2,1-2H3,(H,16,17)/t11-,12+/m0/s1. The maximum atomic E-state index is 12.0. The highest BCUT2D eigenvalue weighted by molar-refractivity contribution is 7.11. The Morgan fingerprint density at radius 3 is 3.20 bits per heavy atom. The first-order chi connectivity index (χ1) is 9.66. The summed E-state index contributed by atoms with van der Waals surface area (Å²) in [7, 11) is 0. The lowest BCUT2D eigenvalue weighted by Gasteiger charge is -2.31. The van der Waals surface area contributed by atoms with Crippen LogP contribution >= 0.6 is 11.3 Å². The van der Waals surface area contributed by atoms with Crippen molar-refractivity contribution in [3.8, 4) is 0 Å². The van der Waals surface area contributed by atoms with Gasteiger partial charge in [0.05, 0.1) is 37.1 Å². The third kappa shape index (κ3) is 4.40. The summed E-state index contributed by atoms with van der Waals surface area (Å²) < 4.78 is 11.3. The molecule has 0 saturated carbocycles. The molecule has 0 radical (unpaired) electrons. The van der Waals surface area contributed by atoms with E-state index in [1.54, 1.807) is 11.7 Å². The van der Waals surface area contributed by atoms with Gasteiger partial charge >= 0.3 is 0 Å². The first-order valence-corrected chi connectivity index (χ1v) is 7.57. The van der Waals surface area contributed by atoms with Crippen LogP contribution in [-0.4, -0.2) is 42.9 Å². The largest absolute Gasteiger partial charge is 0.379 e. The summed E-state index contributed by atoms with van der Waals surface area (Å²) in [4.78, 5) is 16.6. The highest BCUT2D eigenvalue weighted by Gasteiger charge is 2.28. The summed E-state index contributed by atoms with van der Waals surface area (Å²) >= 11 is 1.33. The van der Waals surface area contributed by atoms with Gasteiger partial charge in [-0.15, -0.1) is 11.3 Å². The van der Waals surface area contributed by atoms with Crippen molar-refractivity contribution in [2.45, 2.75) is 32.4 Å². The maximum Gasteiger partial charge on any atom is 0.263 e. The molecule has 1 fully saturated rings. The Balaban J connectivity index is 1.89. The van der Waals surface area contributed by atoms with E-state index in [1.807, 2.05) is 19.9 Å². The molecule has 110 valence electrons. The fourth-order valence-corrected chi connectivity index (χ4v) is 2.48. The van der Waals surface area contributed by atoms with Gasteiger partial charge in [-0.3, -0.25) is 9.78 Å². The van der Waals surface area contributed by atoms with E-state index >= 15 is 0 Å². The molecule has 1 aromatic heterocycles. The molecule has 2 rings (SSSR count). The number of ether oxygens (including phenoxy) is 2. The highest BCUT2D eigenvalue weighted by Crippen LogP contribution is 2.14. The number of allylic oxidation sites excluding steroid dienone is 1. The van der Waals surface area contributed by atoms with Gasteiger partial charge in [-0.05, 0) is 20.3 Å². The molecule has 0 aromatic carbocycles. The molecule has 5 nitrogen and oxygen atoms in total. The monoisotopic (exact) mass is 296 g/mol. The highest BCUT2D eigenvalue weighted by atomic mass is 32.1. The summed E-state index contributed by atoms with van der Waals surface area (Å²) in [5, 5.41) is 2.97. The Morgan fingerprint density at radius 1 is 1.65 bits per heavy atom. The van der Waals surface area contributed by atoms with E-state index in [4.69, 9.17) is 9.47 Å². The summed E-state index contributed by atoms with van der Waals surface area (Å²) in [5.41, 5.74) is 2.87. The lowest BCUT2D eigenvalue weighted by Crippen LogP contribution is -2.50. The van der Waals surface area contributed by atoms with Crippen molar-refractivity contribution in [2.24, 2.45) is 0 Å². The molecule has 1 N–H and O–H groups in total. The zero-order valence-electron chi connectivity index (χ0n) is 11.8. The molecule has 1 aliphatic rings. The molecule has 0 bridgehead atoms. The van der Waals surface area contributed by atoms with Gasteiger partial charge in [-0.2, -0.15) is 0 Å². The number of rotatable bonds is 5. The van der Waals surface area contributed by atoms with Gasteiger partial charge in [0.25, 0.3) is 5.91 Å². The summed E-state index contributed by atoms with van der Waals surface area (Å²) in [6.07, 6.45) is 4.40. The average Bonchev–Trinajstić information content (AvgIpc) is 2.94. The Labute approximate surface area is 123 Å². The van der Waals surface area contributed by atoms with Gasteiger partial charge in [-0.1, -0.05) is 11.6 Å². The van der Waals surface area contributed by atoms with Crippen molar-refractivity contribution in [3.05, 3.63) is 28.2 Å². The van der Waals surface area contributed by atoms with E-state index in [2.05, 4.69) is 10.3 Å².